The van der Waals surface area contributed by atoms with E-state index in [4.69, 9.17) is 0 Å². The van der Waals surface area contributed by atoms with Crippen LogP contribution in [0.15, 0.2) is 0 Å². The highest BCUT2D eigenvalue weighted by Crippen LogP contribution is 2.46. The van der Waals surface area contributed by atoms with Crippen molar-refractivity contribution in [3.8, 4) is 0 Å². The molecule has 72 valence electrons. The molecule has 0 aliphatic heterocycles. The van der Waals surface area contributed by atoms with Gasteiger partial charge in [-0.2, -0.15) is 0 Å². The molecule has 1 aliphatic carbocycles. The van der Waals surface area contributed by atoms with E-state index < -0.39 is 0 Å². The second kappa shape index (κ2) is 3.40. The third kappa shape index (κ3) is 2.02. The summed E-state index contributed by atoms with van der Waals surface area (Å²) in [7, 11) is 0. The van der Waals surface area contributed by atoms with E-state index >= 15 is 0 Å². The molecule has 0 aromatic rings. The molecule has 0 N–H and O–H groups in total. The molecule has 0 amide bonds. The highest BCUT2D eigenvalue weighted by atomic mass is 14.4. The van der Waals surface area contributed by atoms with Gasteiger partial charge in [0.05, 0.1) is 0 Å². The maximum atomic E-state index is 2.45. The van der Waals surface area contributed by atoms with Crippen molar-refractivity contribution < 1.29 is 0 Å². The molecule has 0 aromatic heterocycles. The third-order valence-electron chi connectivity index (χ3n) is 3.65. The van der Waals surface area contributed by atoms with E-state index in [0.717, 1.165) is 17.8 Å². The van der Waals surface area contributed by atoms with Crippen molar-refractivity contribution in [3.05, 3.63) is 0 Å². The predicted molar refractivity (Wildman–Crippen MR) is 55.1 cm³/mol. The number of rotatable bonds is 1. The van der Waals surface area contributed by atoms with Gasteiger partial charge in [0.1, 0.15) is 0 Å². The summed E-state index contributed by atoms with van der Waals surface area (Å²) in [5.41, 5.74) is 0.589. The zero-order valence-electron chi connectivity index (χ0n) is 9.35. The summed E-state index contributed by atoms with van der Waals surface area (Å²) in [6, 6.07) is 0. The molecule has 1 aliphatic rings. The summed E-state index contributed by atoms with van der Waals surface area (Å²) >= 11 is 0. The largest absolute Gasteiger partial charge is 0.0625 e. The van der Waals surface area contributed by atoms with Crippen LogP contribution in [0.1, 0.15) is 53.9 Å². The van der Waals surface area contributed by atoms with Crippen LogP contribution in [0.3, 0.4) is 0 Å². The standard InChI is InChI=1S/C12H24/c1-9(2)11-7-6-10(3)8-12(11,4)5/h9-11H,6-8H2,1-5H3. The molecule has 2 atom stereocenters. The van der Waals surface area contributed by atoms with E-state index in [9.17, 15) is 0 Å². The monoisotopic (exact) mass is 168 g/mol. The molecular formula is C12H24. The van der Waals surface area contributed by atoms with Crippen molar-refractivity contribution in [2.75, 3.05) is 0 Å². The molecule has 0 nitrogen and oxygen atoms in total. The van der Waals surface area contributed by atoms with Crippen LogP contribution in [0.25, 0.3) is 0 Å². The quantitative estimate of drug-likeness (QED) is 0.553. The first kappa shape index (κ1) is 10.1. The highest BCUT2D eigenvalue weighted by molar-refractivity contribution is 4.86. The first-order valence-corrected chi connectivity index (χ1v) is 5.43. The van der Waals surface area contributed by atoms with Gasteiger partial charge in [0.25, 0.3) is 0 Å². The van der Waals surface area contributed by atoms with E-state index in [1.165, 1.54) is 19.3 Å². The first-order chi connectivity index (χ1) is 5.43. The Kier molecular flexibility index (Phi) is 2.85. The molecule has 2 unspecified atom stereocenters. The van der Waals surface area contributed by atoms with Crippen LogP contribution in [0.4, 0.5) is 0 Å². The molecule has 0 radical (unpaired) electrons. The molecule has 0 heteroatoms. The number of hydrogen-bond acceptors (Lipinski definition) is 0. The van der Waals surface area contributed by atoms with Gasteiger partial charge in [0.15, 0.2) is 0 Å². The van der Waals surface area contributed by atoms with Gasteiger partial charge in [0, 0.05) is 0 Å². The number of hydrogen-bond donors (Lipinski definition) is 0. The van der Waals surface area contributed by atoms with Crippen LogP contribution in [0.2, 0.25) is 0 Å². The van der Waals surface area contributed by atoms with Gasteiger partial charge in [0.2, 0.25) is 0 Å². The summed E-state index contributed by atoms with van der Waals surface area (Å²) in [5.74, 6) is 2.77. The smallest absolute Gasteiger partial charge is 0.0321 e. The topological polar surface area (TPSA) is 0 Å². The fraction of sp³-hybridized carbons (Fsp3) is 1.00. The lowest BCUT2D eigenvalue weighted by Crippen LogP contribution is -2.34. The predicted octanol–water partition coefficient (Wildman–Crippen LogP) is 4.10. The first-order valence-electron chi connectivity index (χ1n) is 5.43. The van der Waals surface area contributed by atoms with Gasteiger partial charge in [-0.15, -0.1) is 0 Å². The highest BCUT2D eigenvalue weighted by Gasteiger charge is 2.36. The Hall–Kier alpha value is 0. The van der Waals surface area contributed by atoms with Gasteiger partial charge in [-0.3, -0.25) is 0 Å². The van der Waals surface area contributed by atoms with Crippen LogP contribution in [-0.4, -0.2) is 0 Å². The minimum Gasteiger partial charge on any atom is -0.0625 e. The Balaban J connectivity index is 2.64. The van der Waals surface area contributed by atoms with Gasteiger partial charge in [-0.05, 0) is 36.0 Å². The summed E-state index contributed by atoms with van der Waals surface area (Å²) in [4.78, 5) is 0. The van der Waals surface area contributed by atoms with Crippen LogP contribution < -0.4 is 0 Å². The van der Waals surface area contributed by atoms with Crippen LogP contribution >= 0.6 is 0 Å². The molecule has 0 heterocycles. The zero-order valence-corrected chi connectivity index (χ0v) is 9.35. The normalized spacial score (nSPS) is 35.5. The molecule has 1 fully saturated rings. The van der Waals surface area contributed by atoms with Crippen LogP contribution in [0.5, 0.6) is 0 Å². The third-order valence-corrected chi connectivity index (χ3v) is 3.65. The molecule has 0 aromatic carbocycles. The van der Waals surface area contributed by atoms with E-state index in [-0.39, 0.29) is 0 Å². The minimum absolute atomic E-state index is 0.589. The maximum absolute atomic E-state index is 2.45. The minimum atomic E-state index is 0.589. The summed E-state index contributed by atoms with van der Waals surface area (Å²) in [5, 5.41) is 0. The van der Waals surface area contributed by atoms with E-state index in [1.807, 2.05) is 0 Å². The molecule has 1 rings (SSSR count). The van der Waals surface area contributed by atoms with Crippen molar-refractivity contribution in [1.29, 1.82) is 0 Å². The fourth-order valence-corrected chi connectivity index (χ4v) is 3.24. The molecule has 1 saturated carbocycles. The van der Waals surface area contributed by atoms with Gasteiger partial charge >= 0.3 is 0 Å². The Bertz CT molecular complexity index is 144. The van der Waals surface area contributed by atoms with Gasteiger partial charge in [-0.25, -0.2) is 0 Å². The fourth-order valence-electron chi connectivity index (χ4n) is 3.24. The van der Waals surface area contributed by atoms with Crippen molar-refractivity contribution in [2.24, 2.45) is 23.2 Å². The second-order valence-electron chi connectivity index (χ2n) is 5.73. The van der Waals surface area contributed by atoms with Crippen LogP contribution in [-0.2, 0) is 0 Å². The van der Waals surface area contributed by atoms with Crippen LogP contribution in [0, 0.1) is 23.2 Å². The average molecular weight is 168 g/mol. The lowest BCUT2D eigenvalue weighted by molar-refractivity contribution is 0.0666. The molecule has 0 spiro atoms. The van der Waals surface area contributed by atoms with E-state index in [1.54, 1.807) is 0 Å². The van der Waals surface area contributed by atoms with Crippen molar-refractivity contribution in [2.45, 2.75) is 53.9 Å². The molecule has 12 heavy (non-hydrogen) atoms. The van der Waals surface area contributed by atoms with Gasteiger partial charge < -0.3 is 0 Å². The average Bonchev–Trinajstić information content (AvgIpc) is 1.82. The summed E-state index contributed by atoms with van der Waals surface area (Å²) < 4.78 is 0. The Labute approximate surface area is 77.7 Å². The molecule has 0 saturated heterocycles. The Morgan fingerprint density at radius 1 is 1.17 bits per heavy atom. The van der Waals surface area contributed by atoms with E-state index in [0.29, 0.717) is 5.41 Å². The van der Waals surface area contributed by atoms with E-state index in [2.05, 4.69) is 34.6 Å². The van der Waals surface area contributed by atoms with Crippen molar-refractivity contribution >= 4 is 0 Å². The Morgan fingerprint density at radius 3 is 2.17 bits per heavy atom. The summed E-state index contributed by atoms with van der Waals surface area (Å²) in [6.07, 6.45) is 4.33. The lowest BCUT2D eigenvalue weighted by atomic mass is 9.62. The van der Waals surface area contributed by atoms with Crippen molar-refractivity contribution in [1.82, 2.24) is 0 Å². The zero-order chi connectivity index (χ0) is 9.35. The lowest BCUT2D eigenvalue weighted by Gasteiger charge is -2.43. The molecular weight excluding hydrogens is 144 g/mol. The maximum Gasteiger partial charge on any atom is -0.0321 e. The van der Waals surface area contributed by atoms with Gasteiger partial charge in [-0.1, -0.05) is 41.0 Å². The summed E-state index contributed by atoms with van der Waals surface area (Å²) in [6.45, 7) is 12.1. The second-order valence-corrected chi connectivity index (χ2v) is 5.73. The Morgan fingerprint density at radius 2 is 1.75 bits per heavy atom. The SMILES string of the molecule is CC1CCC(C(C)C)C(C)(C)C1. The van der Waals surface area contributed by atoms with Crippen molar-refractivity contribution in [3.63, 3.8) is 0 Å². The molecule has 0 bridgehead atoms.